The van der Waals surface area contributed by atoms with E-state index in [1.807, 2.05) is 0 Å². The molecule has 0 aliphatic carbocycles. The monoisotopic (exact) mass is 242 g/mol. The molecule has 1 rings (SSSR count). The topological polar surface area (TPSA) is 64.4 Å². The molecule has 1 saturated heterocycles. The van der Waals surface area contributed by atoms with E-state index >= 15 is 0 Å². The van der Waals surface area contributed by atoms with E-state index in [1.54, 1.807) is 0 Å². The Morgan fingerprint density at radius 3 is 2.41 bits per heavy atom. The first-order chi connectivity index (χ1) is 7.81. The van der Waals surface area contributed by atoms with Crippen LogP contribution in [0.25, 0.3) is 0 Å². The Labute approximate surface area is 104 Å². The van der Waals surface area contributed by atoms with E-state index in [4.69, 9.17) is 10.5 Å². The van der Waals surface area contributed by atoms with Crippen molar-refractivity contribution in [3.63, 3.8) is 0 Å². The number of nitrogens with two attached hydrogens (primary N) is 1. The highest BCUT2D eigenvalue weighted by molar-refractivity contribution is 5.84. The Balaban J connectivity index is 2.42. The maximum atomic E-state index is 12.0. The van der Waals surface area contributed by atoms with Crippen molar-refractivity contribution >= 4 is 5.91 Å². The fourth-order valence-corrected chi connectivity index (χ4v) is 2.37. The zero-order chi connectivity index (χ0) is 13.1. The van der Waals surface area contributed by atoms with E-state index in [9.17, 15) is 4.79 Å². The standard InChI is InChI=1S/C13H26N2O2/c1-10(2)5-12(3,4)7-15-11(16)13(6-14)8-17-9-13/h10H,5-9,14H2,1-4H3,(H,15,16). The zero-order valence-electron chi connectivity index (χ0n) is 11.5. The molecule has 0 bridgehead atoms. The highest BCUT2D eigenvalue weighted by Gasteiger charge is 2.44. The van der Waals surface area contributed by atoms with Gasteiger partial charge in [0.25, 0.3) is 0 Å². The molecule has 4 heteroatoms. The molecule has 3 N–H and O–H groups in total. The van der Waals surface area contributed by atoms with Gasteiger partial charge in [-0.3, -0.25) is 4.79 Å². The van der Waals surface area contributed by atoms with Crippen molar-refractivity contribution in [3.05, 3.63) is 0 Å². The van der Waals surface area contributed by atoms with Gasteiger partial charge in [0, 0.05) is 13.1 Å². The van der Waals surface area contributed by atoms with Crippen molar-refractivity contribution in [1.82, 2.24) is 5.32 Å². The smallest absolute Gasteiger partial charge is 0.232 e. The molecule has 0 aromatic carbocycles. The summed E-state index contributed by atoms with van der Waals surface area (Å²) in [6.07, 6.45) is 1.10. The molecule has 1 amide bonds. The molecule has 0 aromatic rings. The van der Waals surface area contributed by atoms with Crippen LogP contribution in [0.2, 0.25) is 0 Å². The van der Waals surface area contributed by atoms with Crippen LogP contribution in [-0.4, -0.2) is 32.2 Å². The highest BCUT2D eigenvalue weighted by Crippen LogP contribution is 2.28. The number of carbonyl (C=O) groups is 1. The molecule has 0 atom stereocenters. The Morgan fingerprint density at radius 2 is 2.06 bits per heavy atom. The maximum Gasteiger partial charge on any atom is 0.232 e. The number of hydrogen-bond acceptors (Lipinski definition) is 3. The van der Waals surface area contributed by atoms with E-state index in [0.717, 1.165) is 6.42 Å². The lowest BCUT2D eigenvalue weighted by molar-refractivity contribution is -0.159. The summed E-state index contributed by atoms with van der Waals surface area (Å²) in [6.45, 7) is 10.7. The first-order valence-electron chi connectivity index (χ1n) is 6.37. The molecular formula is C13H26N2O2. The quantitative estimate of drug-likeness (QED) is 0.734. The normalized spacial score (nSPS) is 18.9. The fraction of sp³-hybridized carbons (Fsp3) is 0.923. The summed E-state index contributed by atoms with van der Waals surface area (Å²) in [4.78, 5) is 12.0. The third kappa shape index (κ3) is 3.68. The summed E-state index contributed by atoms with van der Waals surface area (Å²) in [6, 6.07) is 0. The van der Waals surface area contributed by atoms with Crippen molar-refractivity contribution in [1.29, 1.82) is 0 Å². The van der Waals surface area contributed by atoms with Gasteiger partial charge in [-0.25, -0.2) is 0 Å². The van der Waals surface area contributed by atoms with Gasteiger partial charge in [0.05, 0.1) is 13.2 Å². The van der Waals surface area contributed by atoms with Gasteiger partial charge >= 0.3 is 0 Å². The van der Waals surface area contributed by atoms with E-state index in [2.05, 4.69) is 33.0 Å². The van der Waals surface area contributed by atoms with Gasteiger partial charge in [0.15, 0.2) is 0 Å². The van der Waals surface area contributed by atoms with Crippen molar-refractivity contribution in [2.45, 2.75) is 34.1 Å². The van der Waals surface area contributed by atoms with E-state index in [-0.39, 0.29) is 11.3 Å². The molecule has 1 aliphatic rings. The van der Waals surface area contributed by atoms with Gasteiger partial charge < -0.3 is 15.8 Å². The lowest BCUT2D eigenvalue weighted by atomic mass is 9.82. The Kier molecular flexibility index (Phi) is 4.55. The lowest BCUT2D eigenvalue weighted by Gasteiger charge is -2.39. The molecule has 1 aliphatic heterocycles. The fourth-order valence-electron chi connectivity index (χ4n) is 2.37. The average Bonchev–Trinajstić information content (AvgIpc) is 2.12. The molecule has 0 spiro atoms. The molecule has 17 heavy (non-hydrogen) atoms. The number of ether oxygens (including phenoxy) is 1. The van der Waals surface area contributed by atoms with Gasteiger partial charge in [-0.05, 0) is 17.8 Å². The second kappa shape index (κ2) is 5.36. The largest absolute Gasteiger partial charge is 0.379 e. The third-order valence-electron chi connectivity index (χ3n) is 3.32. The van der Waals surface area contributed by atoms with Crippen molar-refractivity contribution in [2.24, 2.45) is 22.5 Å². The number of rotatable bonds is 6. The number of amides is 1. The van der Waals surface area contributed by atoms with Crippen LogP contribution in [0, 0.1) is 16.7 Å². The molecule has 0 aromatic heterocycles. The molecule has 100 valence electrons. The molecule has 0 radical (unpaired) electrons. The molecule has 1 heterocycles. The molecule has 1 fully saturated rings. The second-order valence-electron chi connectivity index (χ2n) is 6.42. The van der Waals surface area contributed by atoms with Crippen LogP contribution >= 0.6 is 0 Å². The second-order valence-corrected chi connectivity index (χ2v) is 6.42. The van der Waals surface area contributed by atoms with Crippen molar-refractivity contribution in [2.75, 3.05) is 26.3 Å². The van der Waals surface area contributed by atoms with Crippen LogP contribution in [-0.2, 0) is 9.53 Å². The number of carbonyl (C=O) groups excluding carboxylic acids is 1. The molecular weight excluding hydrogens is 216 g/mol. The van der Waals surface area contributed by atoms with Crippen LogP contribution in [0.3, 0.4) is 0 Å². The zero-order valence-corrected chi connectivity index (χ0v) is 11.5. The Hall–Kier alpha value is -0.610. The number of nitrogens with one attached hydrogen (secondary N) is 1. The van der Waals surface area contributed by atoms with Gasteiger partial charge in [-0.2, -0.15) is 0 Å². The highest BCUT2D eigenvalue weighted by atomic mass is 16.5. The molecule has 4 nitrogen and oxygen atoms in total. The Bertz CT molecular complexity index is 265. The number of hydrogen-bond donors (Lipinski definition) is 2. The SMILES string of the molecule is CC(C)CC(C)(C)CNC(=O)C1(CN)COC1. The maximum absolute atomic E-state index is 12.0. The third-order valence-corrected chi connectivity index (χ3v) is 3.32. The summed E-state index contributed by atoms with van der Waals surface area (Å²) in [7, 11) is 0. The van der Waals surface area contributed by atoms with Crippen molar-refractivity contribution < 1.29 is 9.53 Å². The molecule has 0 saturated carbocycles. The van der Waals surface area contributed by atoms with Crippen LogP contribution in [0.5, 0.6) is 0 Å². The summed E-state index contributed by atoms with van der Waals surface area (Å²) >= 11 is 0. The molecule has 0 unspecified atom stereocenters. The van der Waals surface area contributed by atoms with E-state index in [1.165, 1.54) is 0 Å². The summed E-state index contributed by atoms with van der Waals surface area (Å²) in [5.41, 5.74) is 5.31. The van der Waals surface area contributed by atoms with Crippen LogP contribution < -0.4 is 11.1 Å². The van der Waals surface area contributed by atoms with Crippen molar-refractivity contribution in [3.8, 4) is 0 Å². The van der Waals surface area contributed by atoms with E-state index < -0.39 is 5.41 Å². The van der Waals surface area contributed by atoms with Crippen LogP contribution in [0.4, 0.5) is 0 Å². The van der Waals surface area contributed by atoms with E-state index in [0.29, 0.717) is 32.2 Å². The average molecular weight is 242 g/mol. The van der Waals surface area contributed by atoms with Gasteiger partial charge in [0.2, 0.25) is 5.91 Å². The predicted octanol–water partition coefficient (Wildman–Crippen LogP) is 1.15. The summed E-state index contributed by atoms with van der Waals surface area (Å²) < 4.78 is 5.11. The lowest BCUT2D eigenvalue weighted by Crippen LogP contribution is -2.59. The predicted molar refractivity (Wildman–Crippen MR) is 68.6 cm³/mol. The summed E-state index contributed by atoms with van der Waals surface area (Å²) in [5, 5.41) is 3.02. The minimum absolute atomic E-state index is 0.0445. The Morgan fingerprint density at radius 1 is 1.47 bits per heavy atom. The van der Waals surface area contributed by atoms with Gasteiger partial charge in [0.1, 0.15) is 5.41 Å². The first-order valence-corrected chi connectivity index (χ1v) is 6.37. The first kappa shape index (κ1) is 14.5. The van der Waals surface area contributed by atoms with Gasteiger partial charge in [-0.15, -0.1) is 0 Å². The van der Waals surface area contributed by atoms with Gasteiger partial charge in [-0.1, -0.05) is 27.7 Å². The minimum atomic E-state index is -0.464. The summed E-state index contributed by atoms with van der Waals surface area (Å²) in [5.74, 6) is 0.681. The minimum Gasteiger partial charge on any atom is -0.379 e. The van der Waals surface area contributed by atoms with Crippen LogP contribution in [0.15, 0.2) is 0 Å². The van der Waals surface area contributed by atoms with Crippen LogP contribution in [0.1, 0.15) is 34.1 Å².